The van der Waals surface area contributed by atoms with Crippen molar-refractivity contribution in [1.29, 1.82) is 0 Å². The zero-order chi connectivity index (χ0) is 13.8. The van der Waals surface area contributed by atoms with Crippen molar-refractivity contribution < 1.29 is 18.0 Å². The highest BCUT2D eigenvalue weighted by molar-refractivity contribution is 7.99. The third-order valence-electron chi connectivity index (χ3n) is 1.95. The van der Waals surface area contributed by atoms with Gasteiger partial charge in [-0.15, -0.1) is 11.8 Å². The molecule has 1 amide bonds. The Hall–Kier alpha value is -1.21. The average Bonchev–Trinajstić information content (AvgIpc) is 2.26. The van der Waals surface area contributed by atoms with E-state index in [0.717, 1.165) is 0 Å². The summed E-state index contributed by atoms with van der Waals surface area (Å²) in [5.74, 6) is -1.44. The number of carbonyl (C=O) groups is 1. The molecule has 100 valence electrons. The number of amides is 1. The lowest BCUT2D eigenvalue weighted by atomic mass is 10.3. The number of halogens is 3. The van der Waals surface area contributed by atoms with Gasteiger partial charge in [0.05, 0.1) is 17.5 Å². The lowest BCUT2D eigenvalue weighted by molar-refractivity contribution is -0.117. The fraction of sp³-hybridized carbons (Fsp3) is 0.364. The van der Waals surface area contributed by atoms with Crippen LogP contribution in [0.25, 0.3) is 0 Å². The number of benzene rings is 1. The molecule has 18 heavy (non-hydrogen) atoms. The highest BCUT2D eigenvalue weighted by Crippen LogP contribution is 2.32. The molecule has 0 aliphatic heterocycles. The monoisotopic (exact) mass is 278 g/mol. The first-order valence-electron chi connectivity index (χ1n) is 5.14. The number of anilines is 1. The number of nitrogens with two attached hydrogens (primary N) is 1. The second kappa shape index (κ2) is 6.10. The fourth-order valence-electron chi connectivity index (χ4n) is 1.10. The van der Waals surface area contributed by atoms with Gasteiger partial charge in [-0.25, -0.2) is 0 Å². The van der Waals surface area contributed by atoms with E-state index >= 15 is 0 Å². The SMILES string of the molecule is C[C@H](N)C(=O)Nc1ccccc1SCC(F)(F)F. The van der Waals surface area contributed by atoms with Gasteiger partial charge >= 0.3 is 6.18 Å². The van der Waals surface area contributed by atoms with Crippen molar-refractivity contribution in [2.75, 3.05) is 11.1 Å². The van der Waals surface area contributed by atoms with Crippen molar-refractivity contribution in [3.8, 4) is 0 Å². The molecule has 0 unspecified atom stereocenters. The summed E-state index contributed by atoms with van der Waals surface area (Å²) in [5, 5.41) is 2.49. The summed E-state index contributed by atoms with van der Waals surface area (Å²) in [7, 11) is 0. The average molecular weight is 278 g/mol. The van der Waals surface area contributed by atoms with E-state index in [4.69, 9.17) is 5.73 Å². The summed E-state index contributed by atoms with van der Waals surface area (Å²) in [6.07, 6.45) is -4.25. The number of nitrogens with one attached hydrogen (secondary N) is 1. The van der Waals surface area contributed by atoms with Crippen molar-refractivity contribution in [1.82, 2.24) is 0 Å². The molecular weight excluding hydrogens is 265 g/mol. The van der Waals surface area contributed by atoms with Crippen LogP contribution in [0.2, 0.25) is 0 Å². The van der Waals surface area contributed by atoms with Gasteiger partial charge in [-0.05, 0) is 19.1 Å². The standard InChI is InChI=1S/C11H13F3N2OS/c1-7(15)10(17)16-8-4-2-3-5-9(8)18-6-11(12,13)14/h2-5,7H,6,15H2,1H3,(H,16,17)/t7-/m0/s1. The molecule has 0 aliphatic carbocycles. The molecule has 7 heteroatoms. The van der Waals surface area contributed by atoms with E-state index in [1.165, 1.54) is 13.0 Å². The number of para-hydroxylation sites is 1. The second-order valence-corrected chi connectivity index (χ2v) is 4.70. The van der Waals surface area contributed by atoms with Crippen LogP contribution in [0.4, 0.5) is 18.9 Å². The molecule has 0 spiro atoms. The molecule has 1 atom stereocenters. The zero-order valence-corrected chi connectivity index (χ0v) is 10.4. The van der Waals surface area contributed by atoms with Gasteiger partial charge in [0.25, 0.3) is 0 Å². The highest BCUT2D eigenvalue weighted by Gasteiger charge is 2.27. The number of carbonyl (C=O) groups excluding carboxylic acids is 1. The van der Waals surface area contributed by atoms with Crippen molar-refractivity contribution in [2.24, 2.45) is 5.73 Å². The molecule has 0 radical (unpaired) electrons. The molecule has 1 rings (SSSR count). The molecule has 3 N–H and O–H groups in total. The summed E-state index contributed by atoms with van der Waals surface area (Å²) in [4.78, 5) is 11.8. The summed E-state index contributed by atoms with van der Waals surface area (Å²) in [6.45, 7) is 1.50. The number of thioether (sulfide) groups is 1. The molecular formula is C11H13F3N2OS. The Kier molecular flexibility index (Phi) is 5.03. The maximum absolute atomic E-state index is 12.1. The smallest absolute Gasteiger partial charge is 0.324 e. The Labute approximate surface area is 107 Å². The van der Waals surface area contributed by atoms with Gasteiger partial charge in [-0.1, -0.05) is 12.1 Å². The van der Waals surface area contributed by atoms with Gasteiger partial charge in [0.1, 0.15) is 0 Å². The minimum Gasteiger partial charge on any atom is -0.324 e. The van der Waals surface area contributed by atoms with E-state index in [-0.39, 0.29) is 0 Å². The Morgan fingerprint density at radius 1 is 1.44 bits per heavy atom. The van der Waals surface area contributed by atoms with Crippen molar-refractivity contribution in [3.05, 3.63) is 24.3 Å². The molecule has 3 nitrogen and oxygen atoms in total. The summed E-state index contributed by atoms with van der Waals surface area (Å²) >= 11 is 0.627. The van der Waals surface area contributed by atoms with E-state index in [2.05, 4.69) is 5.32 Å². The Morgan fingerprint density at radius 2 is 2.06 bits per heavy atom. The molecule has 0 aromatic heterocycles. The zero-order valence-electron chi connectivity index (χ0n) is 9.62. The second-order valence-electron chi connectivity index (χ2n) is 3.68. The van der Waals surface area contributed by atoms with Crippen molar-refractivity contribution in [3.63, 3.8) is 0 Å². The van der Waals surface area contributed by atoms with Crippen molar-refractivity contribution >= 4 is 23.4 Å². The van der Waals surface area contributed by atoms with Gasteiger partial charge in [-0.3, -0.25) is 4.79 Å². The van der Waals surface area contributed by atoms with Crippen LogP contribution in [0.5, 0.6) is 0 Å². The van der Waals surface area contributed by atoms with Crippen molar-refractivity contribution in [2.45, 2.75) is 24.0 Å². The molecule has 0 saturated carbocycles. The lowest BCUT2D eigenvalue weighted by Crippen LogP contribution is -2.32. The van der Waals surface area contributed by atoms with Crippen LogP contribution in [-0.2, 0) is 4.79 Å². The number of hydrogen-bond acceptors (Lipinski definition) is 3. The first kappa shape index (κ1) is 14.8. The van der Waals surface area contributed by atoms with Crippen LogP contribution in [-0.4, -0.2) is 23.9 Å². The number of rotatable bonds is 4. The maximum atomic E-state index is 12.1. The lowest BCUT2D eigenvalue weighted by Gasteiger charge is -2.13. The third kappa shape index (κ3) is 4.97. The molecule has 1 aromatic carbocycles. The topological polar surface area (TPSA) is 55.1 Å². The van der Waals surface area contributed by atoms with Gasteiger partial charge in [-0.2, -0.15) is 13.2 Å². The van der Waals surface area contributed by atoms with Crippen LogP contribution >= 0.6 is 11.8 Å². The Balaban J connectivity index is 2.77. The van der Waals surface area contributed by atoms with Crippen LogP contribution in [0.3, 0.4) is 0 Å². The summed E-state index contributed by atoms with van der Waals surface area (Å²) in [5.41, 5.74) is 5.72. The van der Waals surface area contributed by atoms with E-state index in [9.17, 15) is 18.0 Å². The van der Waals surface area contributed by atoms with Crippen LogP contribution < -0.4 is 11.1 Å². The predicted molar refractivity (Wildman–Crippen MR) is 65.5 cm³/mol. The fourth-order valence-corrected chi connectivity index (χ4v) is 1.87. The van der Waals surface area contributed by atoms with E-state index < -0.39 is 23.9 Å². The largest absolute Gasteiger partial charge is 0.398 e. The molecule has 1 aromatic rings. The maximum Gasteiger partial charge on any atom is 0.398 e. The van der Waals surface area contributed by atoms with Gasteiger partial charge in [0.15, 0.2) is 0 Å². The van der Waals surface area contributed by atoms with Crippen LogP contribution in [0, 0.1) is 0 Å². The van der Waals surface area contributed by atoms with Crippen LogP contribution in [0.1, 0.15) is 6.92 Å². The minimum absolute atomic E-state index is 0.342. The van der Waals surface area contributed by atoms with E-state index in [1.54, 1.807) is 18.2 Å². The Bertz CT molecular complexity index is 421. The molecule has 0 heterocycles. The van der Waals surface area contributed by atoms with E-state index in [0.29, 0.717) is 22.3 Å². The molecule has 0 saturated heterocycles. The summed E-state index contributed by atoms with van der Waals surface area (Å²) < 4.78 is 36.4. The van der Waals surface area contributed by atoms with Crippen LogP contribution in [0.15, 0.2) is 29.2 Å². The first-order valence-corrected chi connectivity index (χ1v) is 6.13. The number of alkyl halides is 3. The van der Waals surface area contributed by atoms with Gasteiger partial charge < -0.3 is 11.1 Å². The van der Waals surface area contributed by atoms with E-state index in [1.807, 2.05) is 0 Å². The molecule has 0 fully saturated rings. The minimum atomic E-state index is -4.25. The van der Waals surface area contributed by atoms with Gasteiger partial charge in [0, 0.05) is 4.90 Å². The predicted octanol–water partition coefficient (Wildman–Crippen LogP) is 2.63. The van der Waals surface area contributed by atoms with Gasteiger partial charge in [0.2, 0.25) is 5.91 Å². The normalized spacial score (nSPS) is 13.2. The Morgan fingerprint density at radius 3 is 2.61 bits per heavy atom. The molecule has 0 bridgehead atoms. The first-order chi connectivity index (χ1) is 8.29. The molecule has 0 aliphatic rings. The third-order valence-corrected chi connectivity index (χ3v) is 3.09. The quantitative estimate of drug-likeness (QED) is 0.832. The summed E-state index contributed by atoms with van der Waals surface area (Å²) in [6, 6.07) is 5.59. The highest BCUT2D eigenvalue weighted by atomic mass is 32.2. The number of hydrogen-bond donors (Lipinski definition) is 2.